The molecule has 1 heterocycles. The zero-order valence-electron chi connectivity index (χ0n) is 15.6. The van der Waals surface area contributed by atoms with Gasteiger partial charge in [-0.15, -0.1) is 0 Å². The predicted molar refractivity (Wildman–Crippen MR) is 118 cm³/mol. The molecule has 0 amide bonds. The molecule has 0 aromatic heterocycles. The summed E-state index contributed by atoms with van der Waals surface area (Å²) in [7, 11) is 0. The summed E-state index contributed by atoms with van der Waals surface area (Å²) in [6.45, 7) is 5.38. The number of benzene rings is 3. The average Bonchev–Trinajstić information content (AvgIpc) is 2.71. The van der Waals surface area contributed by atoms with Crippen molar-refractivity contribution >= 4 is 27.3 Å². The number of halogens is 1. The van der Waals surface area contributed by atoms with Crippen LogP contribution >= 0.6 is 15.9 Å². The number of hydrogen-bond acceptors (Lipinski definition) is 2. The Balaban J connectivity index is 1.92. The lowest BCUT2D eigenvalue weighted by Gasteiger charge is -2.47. The Morgan fingerprint density at radius 3 is 2.04 bits per heavy atom. The van der Waals surface area contributed by atoms with E-state index in [2.05, 4.69) is 125 Å². The van der Waals surface area contributed by atoms with Crippen LogP contribution in [-0.4, -0.2) is 6.54 Å². The van der Waals surface area contributed by atoms with Crippen LogP contribution < -0.4 is 9.80 Å². The number of para-hydroxylation sites is 2. The summed E-state index contributed by atoms with van der Waals surface area (Å²) in [6.07, 6.45) is 0.0935. The zero-order valence-corrected chi connectivity index (χ0v) is 17.2. The SMILES string of the molecule is CC1=C(C)N(c2ccccc2)C(c2cccc(Br)c2)N(c2ccccc2)C1. The smallest absolute Gasteiger partial charge is 0.132 e. The van der Waals surface area contributed by atoms with E-state index in [1.165, 1.54) is 28.2 Å². The molecule has 1 aliphatic rings. The number of anilines is 2. The molecular weight excluding hydrogens is 396 g/mol. The van der Waals surface area contributed by atoms with Crippen molar-refractivity contribution in [3.63, 3.8) is 0 Å². The first-order valence-corrected chi connectivity index (χ1v) is 10.0. The van der Waals surface area contributed by atoms with E-state index in [9.17, 15) is 0 Å². The molecule has 0 saturated carbocycles. The lowest BCUT2D eigenvalue weighted by Crippen LogP contribution is -2.46. The maximum absolute atomic E-state index is 3.66. The van der Waals surface area contributed by atoms with Crippen molar-refractivity contribution in [3.8, 4) is 0 Å². The van der Waals surface area contributed by atoms with Crippen molar-refractivity contribution in [2.45, 2.75) is 20.0 Å². The maximum Gasteiger partial charge on any atom is 0.132 e. The van der Waals surface area contributed by atoms with Gasteiger partial charge in [0, 0.05) is 28.1 Å². The lowest BCUT2D eigenvalue weighted by molar-refractivity contribution is 0.594. The molecule has 3 aromatic rings. The van der Waals surface area contributed by atoms with Crippen LogP contribution in [0.15, 0.2) is 101 Å². The van der Waals surface area contributed by atoms with Gasteiger partial charge in [-0.25, -0.2) is 0 Å². The van der Waals surface area contributed by atoms with Gasteiger partial charge >= 0.3 is 0 Å². The zero-order chi connectivity index (χ0) is 18.8. The predicted octanol–water partition coefficient (Wildman–Crippen LogP) is 6.77. The second-order valence-electron chi connectivity index (χ2n) is 6.96. The van der Waals surface area contributed by atoms with E-state index in [4.69, 9.17) is 0 Å². The van der Waals surface area contributed by atoms with Crippen molar-refractivity contribution in [2.24, 2.45) is 0 Å². The normalized spacial score (nSPS) is 17.4. The molecule has 0 radical (unpaired) electrons. The summed E-state index contributed by atoms with van der Waals surface area (Å²) in [4.78, 5) is 4.94. The van der Waals surface area contributed by atoms with Crippen LogP contribution in [0.3, 0.4) is 0 Å². The molecular formula is C24H23BrN2. The Kier molecular flexibility index (Phi) is 5.04. The van der Waals surface area contributed by atoms with E-state index in [1.54, 1.807) is 0 Å². The van der Waals surface area contributed by atoms with E-state index in [0.717, 1.165) is 11.0 Å². The fourth-order valence-electron chi connectivity index (χ4n) is 3.76. The number of allylic oxidation sites excluding steroid dienone is 1. The first-order valence-electron chi connectivity index (χ1n) is 9.23. The quantitative estimate of drug-likeness (QED) is 0.462. The Morgan fingerprint density at radius 2 is 1.41 bits per heavy atom. The highest BCUT2D eigenvalue weighted by atomic mass is 79.9. The molecule has 0 spiro atoms. The molecule has 1 atom stereocenters. The van der Waals surface area contributed by atoms with Crippen LogP contribution in [0.2, 0.25) is 0 Å². The van der Waals surface area contributed by atoms with Crippen LogP contribution in [0.25, 0.3) is 0 Å². The molecule has 3 heteroatoms. The molecule has 3 aromatic carbocycles. The van der Waals surface area contributed by atoms with E-state index < -0.39 is 0 Å². The van der Waals surface area contributed by atoms with Crippen LogP contribution in [-0.2, 0) is 0 Å². The molecule has 1 aliphatic heterocycles. The molecule has 136 valence electrons. The topological polar surface area (TPSA) is 6.48 Å². The average molecular weight is 419 g/mol. The Bertz CT molecular complexity index is 950. The minimum atomic E-state index is 0.0935. The summed E-state index contributed by atoms with van der Waals surface area (Å²) >= 11 is 3.66. The van der Waals surface area contributed by atoms with Gasteiger partial charge in [0.15, 0.2) is 0 Å². The molecule has 4 rings (SSSR count). The van der Waals surface area contributed by atoms with Crippen molar-refractivity contribution in [1.82, 2.24) is 0 Å². The first-order chi connectivity index (χ1) is 13.1. The molecule has 2 nitrogen and oxygen atoms in total. The summed E-state index contributed by atoms with van der Waals surface area (Å²) in [5.74, 6) is 0. The van der Waals surface area contributed by atoms with Gasteiger partial charge in [-0.05, 0) is 61.4 Å². The Morgan fingerprint density at radius 1 is 0.778 bits per heavy atom. The van der Waals surface area contributed by atoms with Gasteiger partial charge in [0.25, 0.3) is 0 Å². The Hall–Kier alpha value is -2.52. The summed E-state index contributed by atoms with van der Waals surface area (Å²) < 4.78 is 1.10. The third kappa shape index (κ3) is 3.52. The van der Waals surface area contributed by atoms with Gasteiger partial charge in [0.1, 0.15) is 6.17 Å². The molecule has 27 heavy (non-hydrogen) atoms. The van der Waals surface area contributed by atoms with Gasteiger partial charge in [0.2, 0.25) is 0 Å². The van der Waals surface area contributed by atoms with E-state index in [1.807, 2.05) is 0 Å². The van der Waals surface area contributed by atoms with Crippen molar-refractivity contribution in [1.29, 1.82) is 0 Å². The molecule has 0 aliphatic carbocycles. The summed E-state index contributed by atoms with van der Waals surface area (Å²) in [6, 6.07) is 30.0. The van der Waals surface area contributed by atoms with E-state index in [-0.39, 0.29) is 6.17 Å². The highest BCUT2D eigenvalue weighted by molar-refractivity contribution is 9.10. The number of nitrogens with zero attached hydrogens (tertiary/aromatic N) is 2. The largest absolute Gasteiger partial charge is 0.343 e. The van der Waals surface area contributed by atoms with Gasteiger partial charge < -0.3 is 9.80 Å². The highest BCUT2D eigenvalue weighted by Crippen LogP contribution is 2.41. The van der Waals surface area contributed by atoms with Crippen LogP contribution in [0.5, 0.6) is 0 Å². The molecule has 0 bridgehead atoms. The number of hydrogen-bond donors (Lipinski definition) is 0. The molecule has 0 fully saturated rings. The van der Waals surface area contributed by atoms with E-state index >= 15 is 0 Å². The minimum absolute atomic E-state index is 0.0935. The molecule has 0 saturated heterocycles. The number of rotatable bonds is 3. The highest BCUT2D eigenvalue weighted by Gasteiger charge is 2.33. The Labute approximate surface area is 169 Å². The van der Waals surface area contributed by atoms with Crippen LogP contribution in [0.1, 0.15) is 25.6 Å². The van der Waals surface area contributed by atoms with Crippen molar-refractivity contribution in [3.05, 3.63) is 106 Å². The van der Waals surface area contributed by atoms with Crippen molar-refractivity contribution in [2.75, 3.05) is 16.3 Å². The second-order valence-corrected chi connectivity index (χ2v) is 7.88. The van der Waals surface area contributed by atoms with Gasteiger partial charge in [-0.2, -0.15) is 0 Å². The first kappa shape index (κ1) is 17.9. The lowest BCUT2D eigenvalue weighted by atomic mass is 10.0. The van der Waals surface area contributed by atoms with E-state index in [0.29, 0.717) is 0 Å². The van der Waals surface area contributed by atoms with Crippen LogP contribution in [0, 0.1) is 0 Å². The third-order valence-electron chi connectivity index (χ3n) is 5.20. The third-order valence-corrected chi connectivity index (χ3v) is 5.69. The fraction of sp³-hybridized carbons (Fsp3) is 0.167. The van der Waals surface area contributed by atoms with Gasteiger partial charge in [-0.1, -0.05) is 64.5 Å². The fourth-order valence-corrected chi connectivity index (χ4v) is 4.17. The van der Waals surface area contributed by atoms with Crippen molar-refractivity contribution < 1.29 is 0 Å². The van der Waals surface area contributed by atoms with Gasteiger partial charge in [0.05, 0.1) is 0 Å². The van der Waals surface area contributed by atoms with Gasteiger partial charge in [-0.3, -0.25) is 0 Å². The summed E-state index contributed by atoms with van der Waals surface area (Å²) in [5, 5.41) is 0. The molecule has 1 unspecified atom stereocenters. The monoisotopic (exact) mass is 418 g/mol. The maximum atomic E-state index is 3.66. The van der Waals surface area contributed by atoms with Crippen LogP contribution in [0.4, 0.5) is 11.4 Å². The standard InChI is InChI=1S/C24H23BrN2/c1-18-17-26(22-12-5-3-6-13-22)24(20-10-9-11-21(25)16-20)27(19(18)2)23-14-7-4-8-15-23/h3-16,24H,17H2,1-2H3. The summed E-state index contributed by atoms with van der Waals surface area (Å²) in [5.41, 5.74) is 6.41. The molecule has 0 N–H and O–H groups in total. The minimum Gasteiger partial charge on any atom is -0.343 e. The second kappa shape index (κ2) is 7.61.